The minimum Gasteiger partial charge on any atom is -0.493 e. The highest BCUT2D eigenvalue weighted by atomic mass is 16.5. The van der Waals surface area contributed by atoms with Gasteiger partial charge < -0.3 is 10.1 Å². The van der Waals surface area contributed by atoms with Gasteiger partial charge in [-0.15, -0.1) is 0 Å². The van der Waals surface area contributed by atoms with Crippen molar-refractivity contribution in [2.75, 3.05) is 12.4 Å². The molecule has 4 nitrogen and oxygen atoms in total. The molecule has 0 aliphatic carbocycles. The third-order valence-corrected chi connectivity index (χ3v) is 2.63. The lowest BCUT2D eigenvalue weighted by molar-refractivity contribution is 0.414. The van der Waals surface area contributed by atoms with E-state index in [-0.39, 0.29) is 0 Å². The van der Waals surface area contributed by atoms with Crippen LogP contribution in [0.2, 0.25) is 0 Å². The molecular weight excluding hydrogens is 226 g/mol. The first-order chi connectivity index (χ1) is 8.69. The molecule has 0 amide bonds. The van der Waals surface area contributed by atoms with Crippen molar-refractivity contribution >= 4 is 5.69 Å². The molecular formula is C14H17N3O. The van der Waals surface area contributed by atoms with Crippen molar-refractivity contribution in [1.82, 2.24) is 9.97 Å². The monoisotopic (exact) mass is 243 g/mol. The van der Waals surface area contributed by atoms with Gasteiger partial charge in [0.2, 0.25) is 0 Å². The molecule has 94 valence electrons. The van der Waals surface area contributed by atoms with E-state index in [2.05, 4.69) is 15.3 Å². The quantitative estimate of drug-likeness (QED) is 0.897. The third kappa shape index (κ3) is 2.97. The molecule has 0 saturated carbocycles. The van der Waals surface area contributed by atoms with Gasteiger partial charge in [-0.25, -0.2) is 0 Å². The highest BCUT2D eigenvalue weighted by molar-refractivity contribution is 5.55. The fourth-order valence-corrected chi connectivity index (χ4v) is 1.73. The molecule has 0 atom stereocenters. The first-order valence-corrected chi connectivity index (χ1v) is 5.86. The molecule has 2 aromatic rings. The average molecular weight is 243 g/mol. The van der Waals surface area contributed by atoms with Crippen LogP contribution in [-0.2, 0) is 6.54 Å². The predicted octanol–water partition coefficient (Wildman–Crippen LogP) is 2.71. The van der Waals surface area contributed by atoms with Crippen LogP contribution in [0.1, 0.15) is 17.1 Å². The summed E-state index contributed by atoms with van der Waals surface area (Å²) in [4.78, 5) is 8.65. The topological polar surface area (TPSA) is 47.0 Å². The minimum atomic E-state index is 0.668. The Hall–Kier alpha value is -2.10. The molecule has 18 heavy (non-hydrogen) atoms. The SMILES string of the molecule is COc1cnc(C)cc1NCc1cccc(C)n1. The Morgan fingerprint density at radius 3 is 2.78 bits per heavy atom. The highest BCUT2D eigenvalue weighted by Crippen LogP contribution is 2.23. The number of rotatable bonds is 4. The minimum absolute atomic E-state index is 0.668. The highest BCUT2D eigenvalue weighted by Gasteiger charge is 2.04. The van der Waals surface area contributed by atoms with Gasteiger partial charge in [-0.2, -0.15) is 0 Å². The van der Waals surface area contributed by atoms with E-state index in [0.717, 1.165) is 28.5 Å². The molecule has 0 bridgehead atoms. The summed E-state index contributed by atoms with van der Waals surface area (Å²) in [5.74, 6) is 0.744. The van der Waals surface area contributed by atoms with Gasteiger partial charge in [0.1, 0.15) is 0 Å². The average Bonchev–Trinajstić information content (AvgIpc) is 2.37. The number of pyridine rings is 2. The van der Waals surface area contributed by atoms with Crippen molar-refractivity contribution < 1.29 is 4.74 Å². The zero-order chi connectivity index (χ0) is 13.0. The summed E-state index contributed by atoms with van der Waals surface area (Å²) in [5.41, 5.74) is 3.92. The molecule has 0 aliphatic heterocycles. The number of hydrogen-bond donors (Lipinski definition) is 1. The summed E-state index contributed by atoms with van der Waals surface area (Å²) in [5, 5.41) is 3.32. The summed E-state index contributed by atoms with van der Waals surface area (Å²) < 4.78 is 5.27. The van der Waals surface area contributed by atoms with Crippen molar-refractivity contribution in [3.05, 3.63) is 47.5 Å². The molecule has 0 unspecified atom stereocenters. The van der Waals surface area contributed by atoms with Crippen molar-refractivity contribution in [1.29, 1.82) is 0 Å². The molecule has 2 heterocycles. The lowest BCUT2D eigenvalue weighted by atomic mass is 10.3. The van der Waals surface area contributed by atoms with Gasteiger partial charge in [0.05, 0.1) is 31.2 Å². The second-order valence-corrected chi connectivity index (χ2v) is 4.15. The first kappa shape index (κ1) is 12.4. The normalized spacial score (nSPS) is 10.2. The Kier molecular flexibility index (Phi) is 3.77. The zero-order valence-electron chi connectivity index (χ0n) is 10.9. The molecule has 0 fully saturated rings. The van der Waals surface area contributed by atoms with Gasteiger partial charge in [0, 0.05) is 11.4 Å². The van der Waals surface area contributed by atoms with Crippen LogP contribution >= 0.6 is 0 Å². The molecule has 0 spiro atoms. The second-order valence-electron chi connectivity index (χ2n) is 4.15. The van der Waals surface area contributed by atoms with E-state index in [1.54, 1.807) is 13.3 Å². The Bertz CT molecular complexity index is 540. The summed E-state index contributed by atoms with van der Waals surface area (Å²) in [6.07, 6.45) is 1.72. The van der Waals surface area contributed by atoms with E-state index < -0.39 is 0 Å². The Morgan fingerprint density at radius 1 is 1.22 bits per heavy atom. The van der Waals surface area contributed by atoms with Crippen LogP contribution in [0.3, 0.4) is 0 Å². The van der Waals surface area contributed by atoms with E-state index in [0.29, 0.717) is 6.54 Å². The number of aromatic nitrogens is 2. The fraction of sp³-hybridized carbons (Fsp3) is 0.286. The number of anilines is 1. The van der Waals surface area contributed by atoms with E-state index in [1.165, 1.54) is 0 Å². The summed E-state index contributed by atoms with van der Waals surface area (Å²) >= 11 is 0. The number of methoxy groups -OCH3 is 1. The number of hydrogen-bond acceptors (Lipinski definition) is 4. The van der Waals surface area contributed by atoms with Crippen LogP contribution < -0.4 is 10.1 Å². The second kappa shape index (κ2) is 5.49. The predicted molar refractivity (Wildman–Crippen MR) is 71.8 cm³/mol. The van der Waals surface area contributed by atoms with Gasteiger partial charge in [-0.3, -0.25) is 9.97 Å². The maximum Gasteiger partial charge on any atom is 0.160 e. The Morgan fingerprint density at radius 2 is 2.06 bits per heavy atom. The van der Waals surface area contributed by atoms with Gasteiger partial charge in [-0.05, 0) is 32.0 Å². The van der Waals surface area contributed by atoms with Gasteiger partial charge >= 0.3 is 0 Å². The van der Waals surface area contributed by atoms with Crippen LogP contribution in [0.25, 0.3) is 0 Å². The standard InChI is InChI=1S/C14H17N3O/c1-10-5-4-6-12(17-10)8-16-13-7-11(2)15-9-14(13)18-3/h4-7,9H,8H2,1-3H3,(H,15,16). The number of nitrogens with zero attached hydrogens (tertiary/aromatic N) is 2. The van der Waals surface area contributed by atoms with E-state index >= 15 is 0 Å². The van der Waals surface area contributed by atoms with E-state index in [1.807, 2.05) is 38.1 Å². The van der Waals surface area contributed by atoms with Crippen molar-refractivity contribution in [2.24, 2.45) is 0 Å². The largest absolute Gasteiger partial charge is 0.493 e. The lowest BCUT2D eigenvalue weighted by Gasteiger charge is -2.11. The maximum atomic E-state index is 5.27. The Labute approximate surface area is 107 Å². The van der Waals surface area contributed by atoms with Crippen LogP contribution in [0.15, 0.2) is 30.5 Å². The third-order valence-electron chi connectivity index (χ3n) is 2.63. The first-order valence-electron chi connectivity index (χ1n) is 5.86. The number of aryl methyl sites for hydroxylation is 2. The number of ether oxygens (including phenoxy) is 1. The van der Waals surface area contributed by atoms with Crippen molar-refractivity contribution in [2.45, 2.75) is 20.4 Å². The maximum absolute atomic E-state index is 5.27. The van der Waals surface area contributed by atoms with Gasteiger partial charge in [0.15, 0.2) is 5.75 Å². The van der Waals surface area contributed by atoms with E-state index in [4.69, 9.17) is 4.74 Å². The molecule has 0 aliphatic rings. The van der Waals surface area contributed by atoms with Gasteiger partial charge in [0.25, 0.3) is 0 Å². The molecule has 0 radical (unpaired) electrons. The molecule has 0 aromatic carbocycles. The summed E-state index contributed by atoms with van der Waals surface area (Å²) in [7, 11) is 1.64. The molecule has 1 N–H and O–H groups in total. The van der Waals surface area contributed by atoms with Crippen molar-refractivity contribution in [3.63, 3.8) is 0 Å². The van der Waals surface area contributed by atoms with Crippen LogP contribution in [0, 0.1) is 13.8 Å². The molecule has 0 saturated heterocycles. The van der Waals surface area contributed by atoms with Gasteiger partial charge in [-0.1, -0.05) is 6.07 Å². The number of nitrogens with one attached hydrogen (secondary N) is 1. The van der Waals surface area contributed by atoms with Crippen LogP contribution in [0.5, 0.6) is 5.75 Å². The Balaban J connectivity index is 2.12. The summed E-state index contributed by atoms with van der Waals surface area (Å²) in [6.45, 7) is 4.61. The molecule has 2 rings (SSSR count). The molecule has 2 aromatic heterocycles. The summed E-state index contributed by atoms with van der Waals surface area (Å²) in [6, 6.07) is 7.96. The lowest BCUT2D eigenvalue weighted by Crippen LogP contribution is -2.04. The smallest absolute Gasteiger partial charge is 0.160 e. The zero-order valence-corrected chi connectivity index (χ0v) is 10.9. The van der Waals surface area contributed by atoms with E-state index in [9.17, 15) is 0 Å². The van der Waals surface area contributed by atoms with Crippen LogP contribution in [-0.4, -0.2) is 17.1 Å². The molecule has 4 heteroatoms. The fourth-order valence-electron chi connectivity index (χ4n) is 1.73. The van der Waals surface area contributed by atoms with Crippen molar-refractivity contribution in [3.8, 4) is 5.75 Å². The van der Waals surface area contributed by atoms with Crippen LogP contribution in [0.4, 0.5) is 5.69 Å².